The summed E-state index contributed by atoms with van der Waals surface area (Å²) in [6, 6.07) is 78.2. The van der Waals surface area contributed by atoms with Crippen molar-refractivity contribution in [1.29, 1.82) is 0 Å². The first-order valence-corrected chi connectivity index (χ1v) is 38.1. The van der Waals surface area contributed by atoms with Crippen molar-refractivity contribution in [3.63, 3.8) is 0 Å². The van der Waals surface area contributed by atoms with Gasteiger partial charge in [0, 0.05) is 39.2 Å². The van der Waals surface area contributed by atoms with Crippen molar-refractivity contribution in [3.8, 4) is 46.0 Å². The van der Waals surface area contributed by atoms with Gasteiger partial charge in [-0.2, -0.15) is 0 Å². The van der Waals surface area contributed by atoms with Crippen molar-refractivity contribution in [2.75, 3.05) is 0 Å². The third kappa shape index (κ3) is 43.8. The minimum atomic E-state index is -1.08. The van der Waals surface area contributed by atoms with Crippen LogP contribution < -0.4 is 83.2 Å². The van der Waals surface area contributed by atoms with Gasteiger partial charge >= 0.3 is 94.9 Å². The number of hydrogen-bond acceptors (Lipinski definition) is 19. The van der Waals surface area contributed by atoms with Crippen LogP contribution >= 0.6 is 11.6 Å². The van der Waals surface area contributed by atoms with Crippen molar-refractivity contribution in [2.24, 2.45) is 0 Å². The Morgan fingerprint density at radius 2 is 0.421 bits per heavy atom. The van der Waals surface area contributed by atoms with Gasteiger partial charge in [-0.05, 0) is 184 Å². The summed E-state index contributed by atoms with van der Waals surface area (Å²) in [6.45, 7) is 65.0. The molecule has 30 heteroatoms. The second-order valence-electron chi connectivity index (χ2n) is 25.7. The largest absolute Gasteiger partial charge is 1.00 e. The smallest absolute Gasteiger partial charge is 0.870 e. The fourth-order valence-corrected chi connectivity index (χ4v) is 10.1. The van der Waals surface area contributed by atoms with E-state index in [2.05, 4.69) is 43.5 Å². The van der Waals surface area contributed by atoms with Gasteiger partial charge in [-0.15, -0.1) is 0 Å². The number of benzene rings is 11. The van der Waals surface area contributed by atoms with Gasteiger partial charge in [0.25, 0.3) is 5.24 Å². The van der Waals surface area contributed by atoms with Gasteiger partial charge in [-0.3, -0.25) is 62.7 Å². The molecular formula is C103H75ClN8Na2O19. The van der Waals surface area contributed by atoms with Crippen LogP contribution in [0, 0.1) is 52.6 Å². The fourth-order valence-electron chi connectivity index (χ4n) is 9.97. The van der Waals surface area contributed by atoms with Crippen LogP contribution in [0.1, 0.15) is 110 Å². The number of aliphatic carboxylic acids is 1. The number of aromatic hydroxyl groups is 4. The molecule has 0 radical (unpaired) electrons. The molecule has 0 aromatic heterocycles. The molecule has 0 fully saturated rings. The first-order chi connectivity index (χ1) is 62.4. The number of halogens is 1. The molecule has 0 saturated heterocycles. The van der Waals surface area contributed by atoms with E-state index in [0.717, 1.165) is 29.2 Å². The molecule has 0 aliphatic heterocycles. The summed E-state index contributed by atoms with van der Waals surface area (Å²) < 4.78 is 24.7. The summed E-state index contributed by atoms with van der Waals surface area (Å²) in [6.07, 6.45) is 12.7. The number of carbonyl (C=O) groups is 8. The topological polar surface area (TPSA) is 352 Å². The Bertz CT molecular complexity index is 5940. The van der Waals surface area contributed by atoms with Gasteiger partial charge in [0.1, 0.15) is 46.0 Å². The second kappa shape index (κ2) is 61.3. The number of rotatable bonds is 19. The van der Waals surface area contributed by atoms with E-state index in [1.807, 2.05) is 18.2 Å². The van der Waals surface area contributed by atoms with Crippen molar-refractivity contribution < 1.29 is 152 Å². The number of carboxylic acid groups (broad SMARTS) is 1. The van der Waals surface area contributed by atoms with E-state index in [0.29, 0.717) is 61.9 Å². The van der Waals surface area contributed by atoms with Crippen LogP contribution in [0.15, 0.2) is 331 Å². The molecule has 27 nitrogen and oxygen atoms in total. The molecule has 0 aliphatic rings. The van der Waals surface area contributed by atoms with Crippen molar-refractivity contribution >= 4 is 107 Å². The van der Waals surface area contributed by atoms with E-state index in [1.54, 1.807) is 267 Å². The van der Waals surface area contributed by atoms with Gasteiger partial charge in [-0.25, -0.2) is 9.59 Å². The number of carbonyl (C=O) groups excluding carboxylic acids is 8. The molecule has 0 spiro atoms. The normalized spacial score (nSPS) is 10.5. The molecule has 5 N–H and O–H groups in total. The number of phenolic OH excluding ortho intramolecular Hbond substituents is 4. The summed E-state index contributed by atoms with van der Waals surface area (Å²) in [4.78, 5) is 113. The second-order valence-corrected chi connectivity index (χ2v) is 26.0. The Morgan fingerprint density at radius 3 is 0.556 bits per heavy atom. The Balaban J connectivity index is 0.000000565. The summed E-state index contributed by atoms with van der Waals surface area (Å²) in [5.74, 6) is -1.83. The van der Waals surface area contributed by atoms with Gasteiger partial charge in [0.2, 0.25) is 0 Å². The number of hydrogen-bond donors (Lipinski definition) is 4. The van der Waals surface area contributed by atoms with Crippen molar-refractivity contribution in [2.45, 2.75) is 34.6 Å². The molecule has 650 valence electrons. The SMILES string of the molecule is CC(=O)OC(C)=O.CC(=O)[O-].O=C(Cl)c1ccccc1.[C-]#[N+]C(=C\c1ccc(O)cc1)/C(=C/c1ccc(O)cc1)[N+]#[C-].[C-]#[N+]C(=C\c1ccc(O)cc1)/C(=C/c1ccc(O)cc1)[N+]#[C-].[C-]#[N+]C(=C\c1ccc(OC(=O)c2ccccc2)cc1)/C(=C/c1ccc(OC(=O)c2ccccc2)cc1)[N+]#[C-].[C-]#[N+]C(=C\c1ccc(OC(C)=O)cc1)/C(=C/c1ccc(OC(C)=O)cc1)[N+]#[C-].[Na+].[Na+].[OH-]. The summed E-state index contributed by atoms with van der Waals surface area (Å²) >= 11 is 5.16. The molecule has 0 saturated carbocycles. The van der Waals surface area contributed by atoms with Gasteiger partial charge < -0.3 is 59.5 Å². The fraction of sp³-hybridized carbons (Fsp3) is 0.0485. The molecule has 11 aromatic rings. The maximum Gasteiger partial charge on any atom is 1.00 e. The van der Waals surface area contributed by atoms with E-state index >= 15 is 0 Å². The summed E-state index contributed by atoms with van der Waals surface area (Å²) in [5.41, 5.74) is 8.62. The molecule has 0 atom stereocenters. The molecule has 0 aliphatic carbocycles. The van der Waals surface area contributed by atoms with E-state index in [-0.39, 0.29) is 133 Å². The van der Waals surface area contributed by atoms with E-state index in [9.17, 15) is 54.0 Å². The predicted octanol–water partition coefficient (Wildman–Crippen LogP) is 15.5. The number of esters is 6. The summed E-state index contributed by atoms with van der Waals surface area (Å²) in [5, 5.41) is 45.5. The molecule has 0 bridgehead atoms. The number of nitrogens with zero attached hydrogens (tertiary/aromatic N) is 8. The molecule has 133 heavy (non-hydrogen) atoms. The Morgan fingerprint density at radius 1 is 0.263 bits per heavy atom. The Kier molecular flexibility index (Phi) is 51.6. The first kappa shape index (κ1) is 112. The number of carboxylic acids is 1. The third-order valence-corrected chi connectivity index (χ3v) is 16.0. The minimum Gasteiger partial charge on any atom is -0.870 e. The van der Waals surface area contributed by atoms with Crippen LogP contribution in [0.3, 0.4) is 0 Å². The summed E-state index contributed by atoms with van der Waals surface area (Å²) in [7, 11) is 0. The monoisotopic (exact) mass is 1810 g/mol. The average molecular weight is 1810 g/mol. The van der Waals surface area contributed by atoms with Crippen LogP contribution in [-0.4, -0.2) is 72.9 Å². The molecule has 0 heterocycles. The molecule has 11 rings (SSSR count). The standard InChI is InChI=1S/C32H20N2O4.C22H16N2O4.2C18H12N2O2.C7H5ClO.C4H6O3.C2H4O2.2Na.H2O/c1-33-29(21-23-13-17-27(18-14-23)37-31(35)25-9-5-3-6-10-25)30(34-2)22-24-15-19-28(20-16-24)38-32(36)26-11-7-4-8-12-26;1-15(25)27-19-9-5-17(6-10-19)13-21(23-3)22(24-4)14-18-7-11-20(12-8-18)28-16(2)26;2*1-19-17(11-13-3-7-15(21)8-4-13)18(20-2)12-14-5-9-16(22)10-6-14;8-7(9)6-4-2-1-3-5-6;1-3(5)7-4(2)6;1-2(3)4;;;/h3-22H;5-14H,1-2H3;2*3-12,21-22H;1-5H;1-2H3;1H3,(H,3,4);;;1H2/q;;;;;;;2*+1;/p-2/b29-21-,30-22-;21-13-,22-14-;2*17-11-,18-12-;;;;;;. The average Bonchev–Trinajstić information content (AvgIpc) is 0.860. The Hall–Kier alpha value is -17.1. The predicted molar refractivity (Wildman–Crippen MR) is 492 cm³/mol. The maximum atomic E-state index is 12.2. The van der Waals surface area contributed by atoms with E-state index < -0.39 is 47.0 Å². The molecule has 11 aromatic carbocycles. The van der Waals surface area contributed by atoms with E-state index in [1.165, 1.54) is 76.2 Å². The molecular weight excluding hydrogens is 1730 g/mol. The van der Waals surface area contributed by atoms with Gasteiger partial charge in [0.15, 0.2) is 45.6 Å². The van der Waals surface area contributed by atoms with Crippen molar-refractivity contribution in [3.05, 3.63) is 483 Å². The van der Waals surface area contributed by atoms with Crippen LogP contribution in [0.5, 0.6) is 46.0 Å². The van der Waals surface area contributed by atoms with Crippen LogP contribution in [0.25, 0.3) is 87.4 Å². The molecule has 0 unspecified atom stereocenters. The Labute approximate surface area is 816 Å². The number of phenols is 4. The van der Waals surface area contributed by atoms with Crippen LogP contribution in [-0.2, 0) is 28.7 Å². The zero-order valence-corrected chi connectivity index (χ0v) is 76.9. The first-order valence-electron chi connectivity index (χ1n) is 37.7. The van der Waals surface area contributed by atoms with Gasteiger partial charge in [0.05, 0.1) is 63.7 Å². The van der Waals surface area contributed by atoms with Crippen LogP contribution in [0.2, 0.25) is 0 Å². The number of ether oxygens (including phenoxy) is 5. The zero-order chi connectivity index (χ0) is 95.3. The van der Waals surface area contributed by atoms with Crippen LogP contribution in [0.4, 0.5) is 0 Å². The molecule has 0 amide bonds. The zero-order valence-electron chi connectivity index (χ0n) is 72.2. The third-order valence-electron chi connectivity index (χ3n) is 15.8. The maximum absolute atomic E-state index is 12.2. The quantitative estimate of drug-likeness (QED) is 0.0111. The van der Waals surface area contributed by atoms with Crippen molar-refractivity contribution in [1.82, 2.24) is 0 Å². The minimum absolute atomic E-state index is 0. The van der Waals surface area contributed by atoms with Gasteiger partial charge in [-0.1, -0.05) is 212 Å². The van der Waals surface area contributed by atoms with E-state index in [4.69, 9.17) is 93.0 Å².